The van der Waals surface area contributed by atoms with Crippen molar-refractivity contribution in [1.29, 1.82) is 0 Å². The molecule has 0 saturated carbocycles. The van der Waals surface area contributed by atoms with Crippen LogP contribution in [0.1, 0.15) is 5.56 Å². The van der Waals surface area contributed by atoms with E-state index in [4.69, 9.17) is 0 Å². The first-order valence-electron chi connectivity index (χ1n) is 5.73. The van der Waals surface area contributed by atoms with Crippen molar-refractivity contribution < 1.29 is 13.3 Å². The van der Waals surface area contributed by atoms with Gasteiger partial charge in [-0.3, -0.25) is 4.98 Å². The molecule has 1 saturated heterocycles. The van der Waals surface area contributed by atoms with Crippen molar-refractivity contribution in [2.24, 2.45) is 0 Å². The zero-order chi connectivity index (χ0) is 12.3. The van der Waals surface area contributed by atoms with E-state index in [1.54, 1.807) is 16.7 Å². The van der Waals surface area contributed by atoms with Crippen molar-refractivity contribution >= 4 is 10.0 Å². The monoisotopic (exact) mass is 256 g/mol. The number of nitrogens with zero attached hydrogens (tertiary/aromatic N) is 2. The highest BCUT2D eigenvalue weighted by atomic mass is 32.2. The maximum atomic E-state index is 11.4. The fourth-order valence-corrected chi connectivity index (χ4v) is 2.95. The average Bonchev–Trinajstić information content (AvgIpc) is 2.30. The van der Waals surface area contributed by atoms with Crippen molar-refractivity contribution in [2.45, 2.75) is 6.54 Å². The van der Waals surface area contributed by atoms with Gasteiger partial charge in [0, 0.05) is 18.0 Å². The van der Waals surface area contributed by atoms with Crippen molar-refractivity contribution in [3.8, 4) is 0 Å². The second-order valence-electron chi connectivity index (χ2n) is 4.44. The standard InChI is InChI=1S/C11H17N3O2S/c1-17(15,16)14-8-6-13(7-9-14)10-11-2-4-12-5-3-11/h2-5H,6-10H2,1H3/p+1. The van der Waals surface area contributed by atoms with Gasteiger partial charge in [-0.2, -0.15) is 4.31 Å². The zero-order valence-electron chi connectivity index (χ0n) is 9.96. The number of rotatable bonds is 3. The molecular formula is C11H18N3O2S+. The van der Waals surface area contributed by atoms with Gasteiger partial charge in [0.15, 0.2) is 0 Å². The predicted octanol–water partition coefficient (Wildman–Crippen LogP) is -1.26. The molecule has 0 aromatic carbocycles. The van der Waals surface area contributed by atoms with Gasteiger partial charge in [-0.05, 0) is 12.1 Å². The predicted molar refractivity (Wildman–Crippen MR) is 65.1 cm³/mol. The van der Waals surface area contributed by atoms with E-state index in [2.05, 4.69) is 4.98 Å². The third-order valence-electron chi connectivity index (χ3n) is 3.10. The Balaban J connectivity index is 1.88. The van der Waals surface area contributed by atoms with Gasteiger partial charge in [0.25, 0.3) is 0 Å². The smallest absolute Gasteiger partial charge is 0.211 e. The van der Waals surface area contributed by atoms with Gasteiger partial charge in [-0.15, -0.1) is 0 Å². The summed E-state index contributed by atoms with van der Waals surface area (Å²) >= 11 is 0. The number of hydrogen-bond acceptors (Lipinski definition) is 3. The van der Waals surface area contributed by atoms with Crippen LogP contribution in [-0.2, 0) is 16.6 Å². The number of nitrogens with one attached hydrogen (secondary N) is 1. The Morgan fingerprint density at radius 3 is 2.41 bits per heavy atom. The Kier molecular flexibility index (Phi) is 3.76. The molecule has 1 fully saturated rings. The zero-order valence-corrected chi connectivity index (χ0v) is 10.8. The molecule has 94 valence electrons. The molecule has 2 heterocycles. The third-order valence-corrected chi connectivity index (χ3v) is 4.41. The maximum absolute atomic E-state index is 11.4. The number of piperazine rings is 1. The van der Waals surface area contributed by atoms with E-state index < -0.39 is 10.0 Å². The molecule has 1 aromatic rings. The summed E-state index contributed by atoms with van der Waals surface area (Å²) < 4.78 is 24.3. The quantitative estimate of drug-likeness (QED) is 0.734. The third kappa shape index (κ3) is 3.49. The number of quaternary nitrogens is 1. The summed E-state index contributed by atoms with van der Waals surface area (Å²) in [7, 11) is -3.01. The van der Waals surface area contributed by atoms with Crippen LogP contribution >= 0.6 is 0 Å². The summed E-state index contributed by atoms with van der Waals surface area (Å²) in [6.07, 6.45) is 4.86. The molecular weight excluding hydrogens is 238 g/mol. The molecule has 1 N–H and O–H groups in total. The lowest BCUT2D eigenvalue weighted by Gasteiger charge is -2.30. The summed E-state index contributed by atoms with van der Waals surface area (Å²) in [4.78, 5) is 5.41. The fourth-order valence-electron chi connectivity index (χ4n) is 2.10. The number of sulfonamides is 1. The molecule has 0 amide bonds. The lowest BCUT2D eigenvalue weighted by atomic mass is 10.2. The molecule has 2 rings (SSSR count). The van der Waals surface area contributed by atoms with Crippen molar-refractivity contribution in [1.82, 2.24) is 9.29 Å². The average molecular weight is 256 g/mol. The molecule has 0 atom stereocenters. The SMILES string of the molecule is CS(=O)(=O)N1CC[NH+](Cc2ccncc2)CC1. The lowest BCUT2D eigenvalue weighted by Crippen LogP contribution is -3.13. The van der Waals surface area contributed by atoms with E-state index in [9.17, 15) is 8.42 Å². The number of aromatic nitrogens is 1. The van der Waals surface area contributed by atoms with Crippen molar-refractivity contribution in [3.05, 3.63) is 30.1 Å². The highest BCUT2D eigenvalue weighted by molar-refractivity contribution is 7.88. The van der Waals surface area contributed by atoms with Crippen LogP contribution in [-0.4, -0.2) is 50.1 Å². The van der Waals surface area contributed by atoms with Crippen molar-refractivity contribution in [2.75, 3.05) is 32.4 Å². The maximum Gasteiger partial charge on any atom is 0.211 e. The molecule has 0 spiro atoms. The summed E-state index contributed by atoms with van der Waals surface area (Å²) in [6, 6.07) is 4.02. The van der Waals surface area contributed by atoms with E-state index in [-0.39, 0.29) is 0 Å². The molecule has 0 unspecified atom stereocenters. The Morgan fingerprint density at radius 2 is 1.88 bits per heavy atom. The van der Waals surface area contributed by atoms with Gasteiger partial charge in [-0.25, -0.2) is 8.42 Å². The number of pyridine rings is 1. The van der Waals surface area contributed by atoms with Crippen LogP contribution in [0.15, 0.2) is 24.5 Å². The largest absolute Gasteiger partial charge is 0.329 e. The minimum Gasteiger partial charge on any atom is -0.329 e. The first-order valence-corrected chi connectivity index (χ1v) is 7.58. The Labute approximate surface area is 102 Å². The summed E-state index contributed by atoms with van der Waals surface area (Å²) in [5.74, 6) is 0. The summed E-state index contributed by atoms with van der Waals surface area (Å²) in [5.41, 5.74) is 1.25. The van der Waals surface area contributed by atoms with Gasteiger partial charge in [0.2, 0.25) is 10.0 Å². The molecule has 1 aromatic heterocycles. The molecule has 0 radical (unpaired) electrons. The first kappa shape index (κ1) is 12.5. The molecule has 5 nitrogen and oxygen atoms in total. The second-order valence-corrected chi connectivity index (χ2v) is 6.43. The van der Waals surface area contributed by atoms with E-state index in [0.29, 0.717) is 13.1 Å². The van der Waals surface area contributed by atoms with Crippen LogP contribution in [0, 0.1) is 0 Å². The van der Waals surface area contributed by atoms with E-state index >= 15 is 0 Å². The lowest BCUT2D eigenvalue weighted by molar-refractivity contribution is -0.917. The molecule has 6 heteroatoms. The van der Waals surface area contributed by atoms with Crippen LogP contribution in [0.2, 0.25) is 0 Å². The molecule has 17 heavy (non-hydrogen) atoms. The first-order chi connectivity index (χ1) is 8.05. The summed E-state index contributed by atoms with van der Waals surface area (Å²) in [5, 5.41) is 0. The van der Waals surface area contributed by atoms with Crippen LogP contribution in [0.4, 0.5) is 0 Å². The summed E-state index contributed by atoms with van der Waals surface area (Å²) in [6.45, 7) is 3.93. The Hall–Kier alpha value is -0.980. The molecule has 1 aliphatic rings. The normalized spacial score (nSPS) is 19.4. The highest BCUT2D eigenvalue weighted by Crippen LogP contribution is 1.98. The van der Waals surface area contributed by atoms with Crippen LogP contribution in [0.5, 0.6) is 0 Å². The van der Waals surface area contributed by atoms with Gasteiger partial charge >= 0.3 is 0 Å². The molecule has 1 aliphatic heterocycles. The van der Waals surface area contributed by atoms with Gasteiger partial charge in [0.05, 0.1) is 32.4 Å². The van der Waals surface area contributed by atoms with E-state index in [1.165, 1.54) is 16.7 Å². The number of hydrogen-bond donors (Lipinski definition) is 1. The van der Waals surface area contributed by atoms with Crippen molar-refractivity contribution in [3.63, 3.8) is 0 Å². The highest BCUT2D eigenvalue weighted by Gasteiger charge is 2.25. The van der Waals surface area contributed by atoms with Gasteiger partial charge < -0.3 is 4.90 Å². The van der Waals surface area contributed by atoms with Crippen LogP contribution in [0.25, 0.3) is 0 Å². The van der Waals surface area contributed by atoms with Crippen LogP contribution < -0.4 is 4.90 Å². The van der Waals surface area contributed by atoms with E-state index in [1.807, 2.05) is 12.1 Å². The van der Waals surface area contributed by atoms with E-state index in [0.717, 1.165) is 19.6 Å². The topological polar surface area (TPSA) is 54.7 Å². The minimum absolute atomic E-state index is 0.624. The fraction of sp³-hybridized carbons (Fsp3) is 0.545. The van der Waals surface area contributed by atoms with Gasteiger partial charge in [-0.1, -0.05) is 0 Å². The second kappa shape index (κ2) is 5.12. The Morgan fingerprint density at radius 1 is 1.29 bits per heavy atom. The van der Waals surface area contributed by atoms with Gasteiger partial charge in [0.1, 0.15) is 6.54 Å². The Bertz CT molecular complexity index is 453. The molecule has 0 aliphatic carbocycles. The molecule has 0 bridgehead atoms. The van der Waals surface area contributed by atoms with Crippen LogP contribution in [0.3, 0.4) is 0 Å². The minimum atomic E-state index is -3.01.